The molecule has 0 unspecified atom stereocenters. The van der Waals surface area contributed by atoms with E-state index in [1.807, 2.05) is 0 Å². The summed E-state index contributed by atoms with van der Waals surface area (Å²) in [6, 6.07) is 0. The lowest BCUT2D eigenvalue weighted by molar-refractivity contribution is 0.206. The number of nitrogens with one attached hydrogen (secondary N) is 1. The first-order chi connectivity index (χ1) is 5.33. The molecule has 0 spiro atoms. The molecule has 3 N–H and O–H groups in total. The molecule has 66 valence electrons. The van der Waals surface area contributed by atoms with Crippen LogP contribution in [-0.2, 0) is 0 Å². The van der Waals surface area contributed by atoms with Gasteiger partial charge >= 0.3 is 0 Å². The zero-order valence-corrected chi connectivity index (χ0v) is 8.75. The molecule has 1 heterocycles. The van der Waals surface area contributed by atoms with Crippen molar-refractivity contribution in [3.05, 3.63) is 0 Å². The first-order valence-corrected chi connectivity index (χ1v) is 4.86. The van der Waals surface area contributed by atoms with E-state index in [-0.39, 0.29) is 0 Å². The number of hydrogen-bond acceptors (Lipinski definition) is 4. The van der Waals surface area contributed by atoms with E-state index in [9.17, 15) is 0 Å². The van der Waals surface area contributed by atoms with Gasteiger partial charge in [0.15, 0.2) is 0 Å². The van der Waals surface area contributed by atoms with Gasteiger partial charge in [0.2, 0.25) is 0 Å². The lowest BCUT2D eigenvalue weighted by Crippen LogP contribution is -2.45. The fourth-order valence-corrected chi connectivity index (χ4v) is 1.60. The first kappa shape index (κ1) is 9.66. The molecule has 0 saturated carbocycles. The highest BCUT2D eigenvalue weighted by atomic mass is 127. The molecule has 1 fully saturated rings. The number of rotatable bonds is 3. The molecule has 0 radical (unpaired) electrons. The molecule has 0 atom stereocenters. The monoisotopic (exact) mass is 270 g/mol. The van der Waals surface area contributed by atoms with Crippen molar-refractivity contribution < 1.29 is 0 Å². The number of piperazine rings is 1. The van der Waals surface area contributed by atoms with Gasteiger partial charge in [-0.2, -0.15) is 0 Å². The van der Waals surface area contributed by atoms with Gasteiger partial charge in [0.05, 0.1) is 0 Å². The Bertz CT molecular complexity index is 100. The van der Waals surface area contributed by atoms with Gasteiger partial charge in [0, 0.05) is 62.1 Å². The van der Waals surface area contributed by atoms with Crippen LogP contribution in [0.5, 0.6) is 0 Å². The van der Waals surface area contributed by atoms with Gasteiger partial charge in [-0.1, -0.05) is 0 Å². The molecule has 0 aromatic heterocycles. The zero-order chi connectivity index (χ0) is 8.10. The van der Waals surface area contributed by atoms with E-state index in [2.05, 4.69) is 36.3 Å². The van der Waals surface area contributed by atoms with Crippen LogP contribution in [-0.4, -0.2) is 47.3 Å². The molecular formula is C6H15IN4. The molecule has 11 heavy (non-hydrogen) atoms. The van der Waals surface area contributed by atoms with Gasteiger partial charge in [-0.15, -0.1) is 0 Å². The van der Waals surface area contributed by atoms with Crippen molar-refractivity contribution in [1.29, 1.82) is 0 Å². The molecule has 0 aromatic rings. The predicted octanol–water partition coefficient (Wildman–Crippen LogP) is -0.583. The zero-order valence-electron chi connectivity index (χ0n) is 6.59. The normalized spacial score (nSPS) is 22.4. The van der Waals surface area contributed by atoms with Crippen LogP contribution in [0.4, 0.5) is 0 Å². The van der Waals surface area contributed by atoms with E-state index < -0.39 is 0 Å². The van der Waals surface area contributed by atoms with Crippen LogP contribution in [0.15, 0.2) is 0 Å². The Balaban J connectivity index is 2.07. The van der Waals surface area contributed by atoms with Crippen molar-refractivity contribution in [1.82, 2.24) is 13.4 Å². The molecular weight excluding hydrogens is 255 g/mol. The quantitative estimate of drug-likeness (QED) is 0.312. The Morgan fingerprint density at radius 1 is 1.27 bits per heavy atom. The van der Waals surface area contributed by atoms with Crippen LogP contribution in [0.3, 0.4) is 0 Å². The number of hydrazine groups is 1. The van der Waals surface area contributed by atoms with Crippen molar-refractivity contribution in [2.75, 3.05) is 39.3 Å². The summed E-state index contributed by atoms with van der Waals surface area (Å²) in [5, 5.41) is 0. The van der Waals surface area contributed by atoms with Crippen LogP contribution in [0.2, 0.25) is 0 Å². The lowest BCUT2D eigenvalue weighted by atomic mass is 10.3. The van der Waals surface area contributed by atoms with Crippen LogP contribution in [0, 0.1) is 0 Å². The average Bonchev–Trinajstić information content (AvgIpc) is 2.04. The highest BCUT2D eigenvalue weighted by Gasteiger charge is 2.13. The summed E-state index contributed by atoms with van der Waals surface area (Å²) in [6.45, 7) is 6.65. The Hall–Kier alpha value is 0.570. The van der Waals surface area contributed by atoms with Crippen molar-refractivity contribution in [2.24, 2.45) is 5.84 Å². The third-order valence-corrected chi connectivity index (χ3v) is 2.85. The van der Waals surface area contributed by atoms with Gasteiger partial charge in [0.1, 0.15) is 0 Å². The van der Waals surface area contributed by atoms with Gasteiger partial charge < -0.3 is 0 Å². The second kappa shape index (κ2) is 5.26. The number of hydrogen-bond donors (Lipinski definition) is 2. The third-order valence-electron chi connectivity index (χ3n) is 1.89. The smallest absolute Gasteiger partial charge is 0.0225 e. The molecule has 1 aliphatic rings. The highest BCUT2D eigenvalue weighted by Crippen LogP contribution is 2.04. The molecule has 4 nitrogen and oxygen atoms in total. The molecule has 1 rings (SSSR count). The second-order valence-electron chi connectivity index (χ2n) is 2.71. The minimum atomic E-state index is 0.890. The summed E-state index contributed by atoms with van der Waals surface area (Å²) in [5.74, 6) is 5.18. The van der Waals surface area contributed by atoms with Crippen LogP contribution in [0.1, 0.15) is 0 Å². The largest absolute Gasteiger partial charge is 0.299 e. The molecule has 0 aromatic carbocycles. The summed E-state index contributed by atoms with van der Waals surface area (Å²) < 4.78 is 2.32. The summed E-state index contributed by atoms with van der Waals surface area (Å²) in [4.78, 5) is 2.43. The summed E-state index contributed by atoms with van der Waals surface area (Å²) in [7, 11) is 0. The van der Waals surface area contributed by atoms with Gasteiger partial charge in [-0.25, -0.2) is 3.11 Å². The van der Waals surface area contributed by atoms with Crippen molar-refractivity contribution in [2.45, 2.75) is 0 Å². The van der Waals surface area contributed by atoms with Gasteiger partial charge in [0.25, 0.3) is 0 Å². The van der Waals surface area contributed by atoms with Crippen molar-refractivity contribution in [3.8, 4) is 0 Å². The van der Waals surface area contributed by atoms with Gasteiger partial charge in [-0.3, -0.25) is 16.2 Å². The molecule has 0 aliphatic carbocycles. The standard InChI is InChI=1S/C6H15IN4/c7-11-5-3-10(4-6-11)2-1-9-8/h9H,1-6,8H2. The maximum absolute atomic E-state index is 5.18. The molecule has 1 aliphatic heterocycles. The highest BCUT2D eigenvalue weighted by molar-refractivity contribution is 14.1. The molecule has 0 bridgehead atoms. The Morgan fingerprint density at radius 3 is 2.45 bits per heavy atom. The Kier molecular flexibility index (Phi) is 4.61. The van der Waals surface area contributed by atoms with E-state index in [1.54, 1.807) is 0 Å². The van der Waals surface area contributed by atoms with Crippen molar-refractivity contribution >= 4 is 22.9 Å². The fraction of sp³-hybridized carbons (Fsp3) is 1.00. The summed E-state index contributed by atoms with van der Waals surface area (Å²) in [5.41, 5.74) is 2.67. The molecule has 1 saturated heterocycles. The second-order valence-corrected chi connectivity index (χ2v) is 4.07. The predicted molar refractivity (Wildman–Crippen MR) is 54.2 cm³/mol. The van der Waals surface area contributed by atoms with E-state index in [1.165, 1.54) is 26.2 Å². The Labute approximate surface area is 81.6 Å². The lowest BCUT2D eigenvalue weighted by Gasteiger charge is -2.30. The minimum absolute atomic E-state index is 0.890. The Morgan fingerprint density at radius 2 is 1.91 bits per heavy atom. The molecule has 0 amide bonds. The van der Waals surface area contributed by atoms with E-state index in [4.69, 9.17) is 5.84 Å². The summed E-state index contributed by atoms with van der Waals surface area (Å²) in [6.07, 6.45) is 0. The molecule has 5 heteroatoms. The maximum atomic E-state index is 5.18. The third kappa shape index (κ3) is 3.66. The number of nitrogens with zero attached hydrogens (tertiary/aromatic N) is 2. The number of nitrogens with two attached hydrogens (primary N) is 1. The van der Waals surface area contributed by atoms with E-state index in [0.717, 1.165) is 13.1 Å². The SMILES string of the molecule is NNCCN1CCN(I)CC1. The summed E-state index contributed by atoms with van der Waals surface area (Å²) >= 11 is 2.37. The van der Waals surface area contributed by atoms with Gasteiger partial charge in [-0.05, 0) is 0 Å². The fourth-order valence-electron chi connectivity index (χ4n) is 1.17. The first-order valence-electron chi connectivity index (χ1n) is 3.89. The van der Waals surface area contributed by atoms with Crippen LogP contribution in [0.25, 0.3) is 0 Å². The number of halogens is 1. The van der Waals surface area contributed by atoms with E-state index >= 15 is 0 Å². The topological polar surface area (TPSA) is 44.5 Å². The average molecular weight is 270 g/mol. The van der Waals surface area contributed by atoms with E-state index in [0.29, 0.717) is 0 Å². The van der Waals surface area contributed by atoms with Crippen molar-refractivity contribution in [3.63, 3.8) is 0 Å². The van der Waals surface area contributed by atoms with Crippen LogP contribution >= 0.6 is 22.9 Å². The van der Waals surface area contributed by atoms with Crippen LogP contribution < -0.4 is 11.3 Å². The maximum Gasteiger partial charge on any atom is 0.0225 e. The minimum Gasteiger partial charge on any atom is -0.299 e.